The van der Waals surface area contributed by atoms with Gasteiger partial charge in [0.05, 0.1) is 29.9 Å². The van der Waals surface area contributed by atoms with E-state index < -0.39 is 23.4 Å². The summed E-state index contributed by atoms with van der Waals surface area (Å²) >= 11 is 0. The highest BCUT2D eigenvalue weighted by atomic mass is 16.5. The zero-order valence-electron chi connectivity index (χ0n) is 15.4. The summed E-state index contributed by atoms with van der Waals surface area (Å²) in [7, 11) is 1.27. The number of benzene rings is 1. The lowest BCUT2D eigenvalue weighted by molar-refractivity contribution is -0.146. The van der Waals surface area contributed by atoms with E-state index in [0.29, 0.717) is 24.4 Å². The van der Waals surface area contributed by atoms with Crippen molar-refractivity contribution in [3.8, 4) is 5.75 Å². The van der Waals surface area contributed by atoms with E-state index in [1.54, 1.807) is 19.1 Å². The van der Waals surface area contributed by atoms with Crippen LogP contribution in [-0.2, 0) is 9.53 Å². The minimum absolute atomic E-state index is 0.116. The second kappa shape index (κ2) is 7.63. The summed E-state index contributed by atoms with van der Waals surface area (Å²) in [4.78, 5) is 37.1. The first kappa shape index (κ1) is 19.6. The third-order valence-electron chi connectivity index (χ3n) is 4.28. The molecule has 1 aliphatic heterocycles. The molecule has 0 saturated carbocycles. The molecule has 1 aromatic rings. The molecular formula is C18H24N2O6. The number of carboxylic acids is 1. The van der Waals surface area contributed by atoms with Gasteiger partial charge in [0, 0.05) is 13.1 Å². The minimum atomic E-state index is -0.956. The molecule has 8 heteroatoms. The summed E-state index contributed by atoms with van der Waals surface area (Å²) in [5.41, 5.74) is -0.353. The molecule has 0 radical (unpaired) electrons. The van der Waals surface area contributed by atoms with E-state index in [4.69, 9.17) is 9.47 Å². The molecule has 1 aliphatic rings. The molecule has 1 unspecified atom stereocenters. The number of carbonyl (C=O) groups excluding carboxylic acids is 2. The molecular weight excluding hydrogens is 340 g/mol. The minimum Gasteiger partial charge on any atom is -0.489 e. The Morgan fingerprint density at radius 2 is 2.00 bits per heavy atom. The first-order chi connectivity index (χ1) is 12.2. The third-order valence-corrected chi connectivity index (χ3v) is 4.28. The molecule has 1 fully saturated rings. The number of amides is 2. The Morgan fingerprint density at radius 1 is 1.31 bits per heavy atom. The van der Waals surface area contributed by atoms with E-state index in [-0.39, 0.29) is 18.2 Å². The first-order valence-electron chi connectivity index (χ1n) is 8.34. The third kappa shape index (κ3) is 4.25. The van der Waals surface area contributed by atoms with Crippen LogP contribution in [0.25, 0.3) is 0 Å². The van der Waals surface area contributed by atoms with Gasteiger partial charge in [0.1, 0.15) is 5.75 Å². The van der Waals surface area contributed by atoms with Crippen molar-refractivity contribution in [2.45, 2.75) is 33.3 Å². The van der Waals surface area contributed by atoms with Gasteiger partial charge in [-0.15, -0.1) is 0 Å². The first-order valence-corrected chi connectivity index (χ1v) is 8.34. The Bertz CT molecular complexity index is 718. The maximum atomic E-state index is 12.6. The van der Waals surface area contributed by atoms with Crippen LogP contribution in [0.2, 0.25) is 0 Å². The largest absolute Gasteiger partial charge is 0.489 e. The van der Waals surface area contributed by atoms with Crippen LogP contribution >= 0.6 is 0 Å². The summed E-state index contributed by atoms with van der Waals surface area (Å²) < 4.78 is 10.4. The maximum absolute atomic E-state index is 12.6. The van der Waals surface area contributed by atoms with Gasteiger partial charge < -0.3 is 24.8 Å². The van der Waals surface area contributed by atoms with Crippen molar-refractivity contribution in [3.63, 3.8) is 0 Å². The molecule has 2 rings (SSSR count). The molecule has 2 N–H and O–H groups in total. The highest BCUT2D eigenvalue weighted by Gasteiger charge is 2.42. The standard InChI is InChI=1S/C18H24N2O6/c1-11(2)26-14-6-5-12(15(21)25-4)9-13(14)19-17(24)20-8-7-18(3,10-20)16(22)23/h5-6,9,11H,7-8,10H2,1-4H3,(H,19,24)(H,22,23). The van der Waals surface area contributed by atoms with Gasteiger partial charge in [-0.1, -0.05) is 0 Å². The van der Waals surface area contributed by atoms with Gasteiger partial charge in [0.2, 0.25) is 0 Å². The second-order valence-electron chi connectivity index (χ2n) is 6.84. The number of hydrogen-bond acceptors (Lipinski definition) is 5. The Hall–Kier alpha value is -2.77. The number of carbonyl (C=O) groups is 3. The van der Waals surface area contributed by atoms with Gasteiger partial charge in [0.25, 0.3) is 0 Å². The van der Waals surface area contributed by atoms with Crippen LogP contribution in [0.3, 0.4) is 0 Å². The summed E-state index contributed by atoms with van der Waals surface area (Å²) in [6.07, 6.45) is 0.254. The summed E-state index contributed by atoms with van der Waals surface area (Å²) in [6, 6.07) is 4.18. The van der Waals surface area contributed by atoms with E-state index in [0.717, 1.165) is 0 Å². The molecule has 1 saturated heterocycles. The number of nitrogens with zero attached hydrogens (tertiary/aromatic N) is 1. The van der Waals surface area contributed by atoms with Crippen LogP contribution in [0.1, 0.15) is 37.6 Å². The van der Waals surface area contributed by atoms with Gasteiger partial charge in [0.15, 0.2) is 0 Å². The molecule has 26 heavy (non-hydrogen) atoms. The molecule has 1 aromatic carbocycles. The number of likely N-dealkylation sites (tertiary alicyclic amines) is 1. The van der Waals surface area contributed by atoms with Crippen molar-refractivity contribution in [2.24, 2.45) is 5.41 Å². The van der Waals surface area contributed by atoms with Gasteiger partial charge >= 0.3 is 18.0 Å². The monoisotopic (exact) mass is 364 g/mol. The molecule has 8 nitrogen and oxygen atoms in total. The van der Waals surface area contributed by atoms with Crippen LogP contribution in [0, 0.1) is 5.41 Å². The molecule has 1 atom stereocenters. The Kier molecular flexibility index (Phi) is 5.74. The lowest BCUT2D eigenvalue weighted by Gasteiger charge is -2.22. The summed E-state index contributed by atoms with van der Waals surface area (Å²) in [5.74, 6) is -1.04. The lowest BCUT2D eigenvalue weighted by atomic mass is 9.90. The number of hydrogen-bond donors (Lipinski definition) is 2. The summed E-state index contributed by atoms with van der Waals surface area (Å²) in [5, 5.41) is 12.0. The predicted molar refractivity (Wildman–Crippen MR) is 94.5 cm³/mol. The van der Waals surface area contributed by atoms with Gasteiger partial charge in [-0.2, -0.15) is 0 Å². The van der Waals surface area contributed by atoms with E-state index in [1.807, 2.05) is 13.8 Å². The quantitative estimate of drug-likeness (QED) is 0.778. The SMILES string of the molecule is COC(=O)c1ccc(OC(C)C)c(NC(=O)N2CCC(C)(C(=O)O)C2)c1. The number of urea groups is 1. The van der Waals surface area contributed by atoms with Crippen molar-refractivity contribution in [3.05, 3.63) is 23.8 Å². The smallest absolute Gasteiger partial charge is 0.337 e. The van der Waals surface area contributed by atoms with Crippen LogP contribution < -0.4 is 10.1 Å². The number of anilines is 1. The maximum Gasteiger partial charge on any atom is 0.337 e. The Morgan fingerprint density at radius 3 is 2.54 bits per heavy atom. The Labute approximate surface area is 152 Å². The lowest BCUT2D eigenvalue weighted by Crippen LogP contribution is -2.37. The number of methoxy groups -OCH3 is 1. The molecule has 0 aromatic heterocycles. The zero-order chi connectivity index (χ0) is 19.5. The normalized spacial score (nSPS) is 19.3. The Balaban J connectivity index is 2.22. The number of esters is 1. The summed E-state index contributed by atoms with van der Waals surface area (Å²) in [6.45, 7) is 5.77. The highest BCUT2D eigenvalue weighted by molar-refractivity contribution is 5.96. The number of carboxylic acid groups (broad SMARTS) is 1. The fourth-order valence-corrected chi connectivity index (χ4v) is 2.73. The molecule has 142 valence electrons. The van der Waals surface area contributed by atoms with Crippen molar-refractivity contribution in [1.29, 1.82) is 0 Å². The van der Waals surface area contributed by atoms with Gasteiger partial charge in [-0.25, -0.2) is 9.59 Å². The van der Waals surface area contributed by atoms with E-state index in [1.165, 1.54) is 18.1 Å². The highest BCUT2D eigenvalue weighted by Crippen LogP contribution is 2.32. The second-order valence-corrected chi connectivity index (χ2v) is 6.84. The number of nitrogens with one attached hydrogen (secondary N) is 1. The number of rotatable bonds is 5. The van der Waals surface area contributed by atoms with Crippen LogP contribution in [-0.4, -0.2) is 54.3 Å². The number of ether oxygens (including phenoxy) is 2. The molecule has 1 heterocycles. The molecule has 2 amide bonds. The van der Waals surface area contributed by atoms with Crippen molar-refractivity contribution in [2.75, 3.05) is 25.5 Å². The van der Waals surface area contributed by atoms with E-state index >= 15 is 0 Å². The van der Waals surface area contributed by atoms with Gasteiger partial charge in [-0.3, -0.25) is 4.79 Å². The van der Waals surface area contributed by atoms with Crippen LogP contribution in [0.15, 0.2) is 18.2 Å². The predicted octanol–water partition coefficient (Wildman–Crippen LogP) is 2.59. The van der Waals surface area contributed by atoms with Crippen LogP contribution in [0.4, 0.5) is 10.5 Å². The van der Waals surface area contributed by atoms with E-state index in [9.17, 15) is 19.5 Å². The molecule has 0 spiro atoms. The van der Waals surface area contributed by atoms with E-state index in [2.05, 4.69) is 5.32 Å². The average Bonchev–Trinajstić information content (AvgIpc) is 2.99. The van der Waals surface area contributed by atoms with Crippen molar-refractivity contribution >= 4 is 23.7 Å². The molecule has 0 bridgehead atoms. The fourth-order valence-electron chi connectivity index (χ4n) is 2.73. The van der Waals surface area contributed by atoms with Crippen LogP contribution in [0.5, 0.6) is 5.75 Å². The van der Waals surface area contributed by atoms with Crippen molar-refractivity contribution in [1.82, 2.24) is 4.90 Å². The molecule has 0 aliphatic carbocycles. The van der Waals surface area contributed by atoms with Crippen molar-refractivity contribution < 1.29 is 29.0 Å². The fraction of sp³-hybridized carbons (Fsp3) is 0.500. The number of aliphatic carboxylic acids is 1. The van der Waals surface area contributed by atoms with Gasteiger partial charge in [-0.05, 0) is 45.4 Å². The average molecular weight is 364 g/mol. The topological polar surface area (TPSA) is 105 Å². The zero-order valence-corrected chi connectivity index (χ0v) is 15.4.